The van der Waals surface area contributed by atoms with Crippen molar-refractivity contribution >= 4 is 34.0 Å². The summed E-state index contributed by atoms with van der Waals surface area (Å²) in [6.07, 6.45) is 0. The van der Waals surface area contributed by atoms with Crippen LogP contribution in [0.2, 0.25) is 0 Å². The molecule has 0 saturated heterocycles. The minimum Gasteiger partial charge on any atom is -0.450 e. The number of nitrogens with one attached hydrogen (secondary N) is 1. The van der Waals surface area contributed by atoms with Crippen molar-refractivity contribution in [2.24, 2.45) is 0 Å². The van der Waals surface area contributed by atoms with Gasteiger partial charge < -0.3 is 10.1 Å². The van der Waals surface area contributed by atoms with Gasteiger partial charge in [-0.15, -0.1) is 0 Å². The molecule has 6 heteroatoms. The molecule has 19 heavy (non-hydrogen) atoms. The van der Waals surface area contributed by atoms with Crippen LogP contribution >= 0.6 is 22.6 Å². The second-order valence-electron chi connectivity index (χ2n) is 3.72. The first-order chi connectivity index (χ1) is 9.11. The molecule has 0 bridgehead atoms. The summed E-state index contributed by atoms with van der Waals surface area (Å²) in [6.45, 7) is 0. The second-order valence-corrected chi connectivity index (χ2v) is 4.96. The van der Waals surface area contributed by atoms with Crippen LogP contribution in [0, 0.1) is 13.7 Å². The molecule has 0 aliphatic carbocycles. The number of benzene rings is 2. The molecule has 0 amide bonds. The summed E-state index contributed by atoms with van der Waals surface area (Å²) >= 11 is 2.16. The van der Waals surface area contributed by atoms with E-state index in [2.05, 4.69) is 27.9 Å². The zero-order chi connectivity index (χ0) is 13.8. The Morgan fingerprint density at radius 2 is 2.00 bits per heavy atom. The van der Waals surface area contributed by atoms with Crippen LogP contribution in [-0.2, 0) is 0 Å². The molecule has 0 heterocycles. The van der Waals surface area contributed by atoms with Gasteiger partial charge in [0.1, 0.15) is 11.4 Å². The number of hydrogen-bond donors (Lipinski definition) is 1. The number of halogens is 1. The highest BCUT2D eigenvalue weighted by Crippen LogP contribution is 2.37. The standard InChI is InChI=1S/C13H11IN2O3/c1-15-11-6-3-7-12(13(11)16(17)18)19-10-5-2-4-9(14)8-10/h2-8,15H,1H3. The third kappa shape index (κ3) is 3.14. The molecule has 0 aromatic heterocycles. The lowest BCUT2D eigenvalue weighted by molar-refractivity contribution is -0.384. The van der Waals surface area contributed by atoms with E-state index >= 15 is 0 Å². The van der Waals surface area contributed by atoms with Crippen molar-refractivity contribution in [1.29, 1.82) is 0 Å². The van der Waals surface area contributed by atoms with Gasteiger partial charge in [0, 0.05) is 10.6 Å². The number of ether oxygens (including phenoxy) is 1. The highest BCUT2D eigenvalue weighted by Gasteiger charge is 2.20. The molecular formula is C13H11IN2O3. The number of nitro benzene ring substituents is 1. The molecule has 0 radical (unpaired) electrons. The fourth-order valence-electron chi connectivity index (χ4n) is 1.65. The quantitative estimate of drug-likeness (QED) is 0.501. The molecule has 2 aromatic carbocycles. The first-order valence-electron chi connectivity index (χ1n) is 5.50. The van der Waals surface area contributed by atoms with Gasteiger partial charge in [0.05, 0.1) is 4.92 Å². The van der Waals surface area contributed by atoms with Crippen molar-refractivity contribution in [2.45, 2.75) is 0 Å². The molecule has 2 aromatic rings. The summed E-state index contributed by atoms with van der Waals surface area (Å²) in [4.78, 5) is 10.7. The van der Waals surface area contributed by atoms with Crippen molar-refractivity contribution in [2.75, 3.05) is 12.4 Å². The molecule has 1 N–H and O–H groups in total. The van der Waals surface area contributed by atoms with Crippen LogP contribution < -0.4 is 10.1 Å². The van der Waals surface area contributed by atoms with Gasteiger partial charge in [-0.1, -0.05) is 12.1 Å². The Hall–Kier alpha value is -1.83. The average molecular weight is 370 g/mol. The van der Waals surface area contributed by atoms with E-state index in [4.69, 9.17) is 4.74 Å². The zero-order valence-electron chi connectivity index (χ0n) is 10.1. The van der Waals surface area contributed by atoms with Crippen molar-refractivity contribution in [3.05, 3.63) is 56.1 Å². The molecule has 0 spiro atoms. The van der Waals surface area contributed by atoms with Crippen LogP contribution in [0.3, 0.4) is 0 Å². The topological polar surface area (TPSA) is 64.4 Å². The molecule has 0 aliphatic rings. The van der Waals surface area contributed by atoms with E-state index in [-0.39, 0.29) is 11.4 Å². The van der Waals surface area contributed by atoms with E-state index in [0.29, 0.717) is 11.4 Å². The lowest BCUT2D eigenvalue weighted by Crippen LogP contribution is -1.99. The summed E-state index contributed by atoms with van der Waals surface area (Å²) in [5, 5.41) is 13.9. The van der Waals surface area contributed by atoms with Gasteiger partial charge in [0.25, 0.3) is 0 Å². The molecule has 5 nitrogen and oxygen atoms in total. The van der Waals surface area contributed by atoms with E-state index < -0.39 is 4.92 Å². The minimum atomic E-state index is -0.449. The predicted molar refractivity (Wildman–Crippen MR) is 81.9 cm³/mol. The van der Waals surface area contributed by atoms with E-state index in [1.165, 1.54) is 0 Å². The van der Waals surface area contributed by atoms with Crippen molar-refractivity contribution < 1.29 is 9.66 Å². The van der Waals surface area contributed by atoms with E-state index in [9.17, 15) is 10.1 Å². The smallest absolute Gasteiger partial charge is 0.334 e. The summed E-state index contributed by atoms with van der Waals surface area (Å²) in [5.41, 5.74) is 0.358. The molecular weight excluding hydrogens is 359 g/mol. The van der Waals surface area contributed by atoms with Crippen LogP contribution in [-0.4, -0.2) is 12.0 Å². The number of anilines is 1. The third-order valence-corrected chi connectivity index (χ3v) is 3.15. The van der Waals surface area contributed by atoms with Crippen molar-refractivity contribution in [1.82, 2.24) is 0 Å². The van der Waals surface area contributed by atoms with Crippen LogP contribution in [0.5, 0.6) is 11.5 Å². The fraction of sp³-hybridized carbons (Fsp3) is 0.0769. The number of hydrogen-bond acceptors (Lipinski definition) is 4. The molecule has 98 valence electrons. The normalized spacial score (nSPS) is 10.0. The van der Waals surface area contributed by atoms with E-state index in [0.717, 1.165) is 3.57 Å². The van der Waals surface area contributed by atoms with Gasteiger partial charge in [-0.2, -0.15) is 0 Å². The maximum atomic E-state index is 11.1. The molecule has 0 fully saturated rings. The zero-order valence-corrected chi connectivity index (χ0v) is 12.2. The summed E-state index contributed by atoms with van der Waals surface area (Å²) in [7, 11) is 1.64. The Morgan fingerprint density at radius 1 is 1.26 bits per heavy atom. The molecule has 0 atom stereocenters. The SMILES string of the molecule is CNc1cccc(Oc2cccc(I)c2)c1[N+](=O)[O-]. The van der Waals surface area contributed by atoms with E-state index in [1.807, 2.05) is 18.2 Å². The highest BCUT2D eigenvalue weighted by molar-refractivity contribution is 14.1. The van der Waals surface area contributed by atoms with Gasteiger partial charge in [0.15, 0.2) is 0 Å². The highest BCUT2D eigenvalue weighted by atomic mass is 127. The first kappa shape index (κ1) is 13.6. The Balaban J connectivity index is 2.42. The number of rotatable bonds is 4. The first-order valence-corrected chi connectivity index (χ1v) is 6.58. The molecule has 0 aliphatic heterocycles. The lowest BCUT2D eigenvalue weighted by atomic mass is 10.2. The predicted octanol–water partition coefficient (Wildman–Crippen LogP) is 4.03. The van der Waals surface area contributed by atoms with Gasteiger partial charge in [-0.05, 0) is 52.9 Å². The minimum absolute atomic E-state index is 0.0659. The summed E-state index contributed by atoms with van der Waals surface area (Å²) in [5.74, 6) is 0.794. The second kappa shape index (κ2) is 5.87. The largest absolute Gasteiger partial charge is 0.450 e. The Bertz CT molecular complexity index is 617. The Labute approximate surface area is 123 Å². The monoisotopic (exact) mass is 370 g/mol. The molecule has 0 saturated carbocycles. The maximum absolute atomic E-state index is 11.1. The maximum Gasteiger partial charge on any atom is 0.334 e. The van der Waals surface area contributed by atoms with Crippen LogP contribution in [0.4, 0.5) is 11.4 Å². The summed E-state index contributed by atoms with van der Waals surface area (Å²) in [6, 6.07) is 12.3. The molecule has 2 rings (SSSR count). The number of nitro groups is 1. The Morgan fingerprint density at radius 3 is 2.63 bits per heavy atom. The van der Waals surface area contributed by atoms with Crippen LogP contribution in [0.1, 0.15) is 0 Å². The number of nitrogens with zero attached hydrogens (tertiary/aromatic N) is 1. The van der Waals surface area contributed by atoms with Gasteiger partial charge in [-0.25, -0.2) is 0 Å². The fourth-order valence-corrected chi connectivity index (χ4v) is 2.17. The van der Waals surface area contributed by atoms with Gasteiger partial charge in [-0.3, -0.25) is 10.1 Å². The van der Waals surface area contributed by atoms with Crippen LogP contribution in [0.25, 0.3) is 0 Å². The summed E-state index contributed by atoms with van der Waals surface area (Å²) < 4.78 is 6.61. The average Bonchev–Trinajstić information content (AvgIpc) is 2.38. The van der Waals surface area contributed by atoms with E-state index in [1.54, 1.807) is 31.3 Å². The van der Waals surface area contributed by atoms with Gasteiger partial charge in [0.2, 0.25) is 5.75 Å². The van der Waals surface area contributed by atoms with Gasteiger partial charge >= 0.3 is 5.69 Å². The lowest BCUT2D eigenvalue weighted by Gasteiger charge is -2.09. The molecule has 0 unspecified atom stereocenters. The van der Waals surface area contributed by atoms with Crippen LogP contribution in [0.15, 0.2) is 42.5 Å². The van der Waals surface area contributed by atoms with Crippen molar-refractivity contribution in [3.63, 3.8) is 0 Å². The number of para-hydroxylation sites is 1. The Kier molecular flexibility index (Phi) is 4.20. The van der Waals surface area contributed by atoms with Crippen molar-refractivity contribution in [3.8, 4) is 11.5 Å². The third-order valence-electron chi connectivity index (χ3n) is 2.47.